The maximum Gasteiger partial charge on any atom is 0.304 e. The van der Waals surface area contributed by atoms with E-state index in [9.17, 15) is 19.5 Å². The molecule has 8 nitrogen and oxygen atoms in total. The molecule has 2 aliphatic rings. The Labute approximate surface area is 128 Å². The fourth-order valence-electron chi connectivity index (χ4n) is 3.22. The summed E-state index contributed by atoms with van der Waals surface area (Å²) in [6.07, 6.45) is -1.66. The lowest BCUT2D eigenvalue weighted by Gasteiger charge is -2.37. The van der Waals surface area contributed by atoms with Crippen LogP contribution in [0.2, 0.25) is 0 Å². The van der Waals surface area contributed by atoms with Crippen LogP contribution in [0.1, 0.15) is 40.0 Å². The number of aliphatic hydroxyl groups excluding tert-OH is 1. The van der Waals surface area contributed by atoms with Crippen LogP contribution in [0.15, 0.2) is 0 Å². The summed E-state index contributed by atoms with van der Waals surface area (Å²) >= 11 is 0. The van der Waals surface area contributed by atoms with Gasteiger partial charge in [0.2, 0.25) is 0 Å². The van der Waals surface area contributed by atoms with Crippen LogP contribution >= 0.6 is 0 Å². The first-order valence-corrected chi connectivity index (χ1v) is 7.28. The number of rotatable bonds is 3. The molecule has 1 N–H and O–H groups in total. The number of carbonyl (C=O) groups is 3. The minimum absolute atomic E-state index is 0.360. The second-order valence-electron chi connectivity index (χ2n) is 5.57. The standard InChI is InChI=1S/C14H21NO7/c1-7(16)20-12-10-5-4-6-11(19)15(10)14(22-9(3)18)13(12)21-8(2)17/h10-14,19H,4-6H2,1-3H3. The highest BCUT2D eigenvalue weighted by molar-refractivity contribution is 5.68. The van der Waals surface area contributed by atoms with E-state index in [4.69, 9.17) is 14.2 Å². The van der Waals surface area contributed by atoms with Crippen LogP contribution in [-0.2, 0) is 28.6 Å². The maximum atomic E-state index is 11.4. The van der Waals surface area contributed by atoms with Gasteiger partial charge in [0, 0.05) is 20.8 Å². The molecule has 0 aromatic carbocycles. The van der Waals surface area contributed by atoms with Crippen LogP contribution < -0.4 is 0 Å². The van der Waals surface area contributed by atoms with Crippen molar-refractivity contribution in [3.63, 3.8) is 0 Å². The summed E-state index contributed by atoms with van der Waals surface area (Å²) in [7, 11) is 0. The normalized spacial score (nSPS) is 34.6. The molecule has 0 bridgehead atoms. The van der Waals surface area contributed by atoms with Gasteiger partial charge in [0.25, 0.3) is 0 Å². The lowest BCUT2D eigenvalue weighted by Crippen LogP contribution is -2.50. The fraction of sp³-hybridized carbons (Fsp3) is 0.786. The van der Waals surface area contributed by atoms with Gasteiger partial charge in [-0.15, -0.1) is 0 Å². The van der Waals surface area contributed by atoms with Gasteiger partial charge >= 0.3 is 17.9 Å². The quantitative estimate of drug-likeness (QED) is 0.570. The van der Waals surface area contributed by atoms with Gasteiger partial charge in [-0.1, -0.05) is 0 Å². The first kappa shape index (κ1) is 16.7. The largest absolute Gasteiger partial charge is 0.457 e. The van der Waals surface area contributed by atoms with Crippen molar-refractivity contribution in [3.05, 3.63) is 0 Å². The van der Waals surface area contributed by atoms with Crippen molar-refractivity contribution in [3.8, 4) is 0 Å². The number of aliphatic hydroxyl groups is 1. The summed E-state index contributed by atoms with van der Waals surface area (Å²) in [6.45, 7) is 3.71. The Balaban J connectivity index is 2.34. The van der Waals surface area contributed by atoms with Crippen molar-refractivity contribution in [2.45, 2.75) is 70.7 Å². The zero-order valence-electron chi connectivity index (χ0n) is 12.9. The van der Waals surface area contributed by atoms with E-state index in [1.54, 1.807) is 4.90 Å². The highest BCUT2D eigenvalue weighted by Gasteiger charge is 2.57. The molecule has 0 aromatic rings. The third-order valence-electron chi connectivity index (χ3n) is 3.86. The Bertz CT molecular complexity index is 466. The Morgan fingerprint density at radius 2 is 1.45 bits per heavy atom. The van der Waals surface area contributed by atoms with Crippen molar-refractivity contribution in [1.29, 1.82) is 0 Å². The molecule has 5 unspecified atom stereocenters. The van der Waals surface area contributed by atoms with Gasteiger partial charge in [0.05, 0.1) is 6.04 Å². The van der Waals surface area contributed by atoms with Crippen LogP contribution in [0, 0.1) is 0 Å². The van der Waals surface area contributed by atoms with Gasteiger partial charge in [0.15, 0.2) is 18.4 Å². The summed E-state index contributed by atoms with van der Waals surface area (Å²) in [4.78, 5) is 35.7. The number of esters is 3. The van der Waals surface area contributed by atoms with Crippen molar-refractivity contribution < 1.29 is 33.7 Å². The van der Waals surface area contributed by atoms with E-state index in [1.165, 1.54) is 20.8 Å². The molecule has 0 aliphatic carbocycles. The van der Waals surface area contributed by atoms with E-state index in [1.807, 2.05) is 0 Å². The van der Waals surface area contributed by atoms with Crippen LogP contribution in [0.4, 0.5) is 0 Å². The van der Waals surface area contributed by atoms with Crippen LogP contribution in [0.3, 0.4) is 0 Å². The number of piperidine rings is 1. The SMILES string of the molecule is CC(=O)OC1C(OC(C)=O)C(OC(C)=O)N2C(O)CCCC12. The lowest BCUT2D eigenvalue weighted by atomic mass is 9.99. The fourth-order valence-corrected chi connectivity index (χ4v) is 3.22. The van der Waals surface area contributed by atoms with E-state index in [0.717, 1.165) is 6.42 Å². The molecular formula is C14H21NO7. The van der Waals surface area contributed by atoms with Gasteiger partial charge in [-0.25, -0.2) is 4.90 Å². The maximum absolute atomic E-state index is 11.4. The van der Waals surface area contributed by atoms with Gasteiger partial charge in [-0.3, -0.25) is 14.4 Å². The first-order chi connectivity index (χ1) is 10.3. The predicted octanol–water partition coefficient (Wildman–Crippen LogP) is -0.0745. The molecule has 0 spiro atoms. The smallest absolute Gasteiger partial charge is 0.304 e. The summed E-state index contributed by atoms with van der Waals surface area (Å²) in [5, 5.41) is 10.2. The van der Waals surface area contributed by atoms with E-state index >= 15 is 0 Å². The number of carbonyl (C=O) groups excluding carboxylic acids is 3. The van der Waals surface area contributed by atoms with E-state index < -0.39 is 42.6 Å². The number of hydrogen-bond acceptors (Lipinski definition) is 8. The second kappa shape index (κ2) is 6.62. The molecule has 2 fully saturated rings. The van der Waals surface area contributed by atoms with Crippen LogP contribution in [0.25, 0.3) is 0 Å². The monoisotopic (exact) mass is 315 g/mol. The lowest BCUT2D eigenvalue weighted by molar-refractivity contribution is -0.190. The molecule has 0 radical (unpaired) electrons. The van der Waals surface area contributed by atoms with Crippen molar-refractivity contribution in [1.82, 2.24) is 4.90 Å². The minimum Gasteiger partial charge on any atom is -0.457 e. The van der Waals surface area contributed by atoms with Crippen LogP contribution in [-0.4, -0.2) is 58.6 Å². The molecule has 2 aliphatic heterocycles. The Hall–Kier alpha value is -1.67. The van der Waals surface area contributed by atoms with Crippen molar-refractivity contribution >= 4 is 17.9 Å². The van der Waals surface area contributed by atoms with Gasteiger partial charge in [0.1, 0.15) is 6.23 Å². The molecule has 22 heavy (non-hydrogen) atoms. The summed E-state index contributed by atoms with van der Waals surface area (Å²) in [5.41, 5.74) is 0. The van der Waals surface area contributed by atoms with Gasteiger partial charge < -0.3 is 19.3 Å². The molecule has 2 rings (SSSR count). The number of hydrogen-bond donors (Lipinski definition) is 1. The molecule has 124 valence electrons. The zero-order valence-corrected chi connectivity index (χ0v) is 12.9. The first-order valence-electron chi connectivity index (χ1n) is 7.28. The highest BCUT2D eigenvalue weighted by atomic mass is 16.6. The molecule has 2 heterocycles. The minimum atomic E-state index is -0.967. The summed E-state index contributed by atoms with van der Waals surface area (Å²) in [6, 6.07) is -0.360. The molecule has 0 saturated carbocycles. The molecule has 5 atom stereocenters. The van der Waals surface area contributed by atoms with E-state index in [0.29, 0.717) is 12.8 Å². The Kier molecular flexibility index (Phi) is 5.02. The van der Waals surface area contributed by atoms with Crippen molar-refractivity contribution in [2.75, 3.05) is 0 Å². The molecule has 2 saturated heterocycles. The Morgan fingerprint density at radius 3 is 2.00 bits per heavy atom. The second-order valence-corrected chi connectivity index (χ2v) is 5.57. The summed E-state index contributed by atoms with van der Waals surface area (Å²) < 4.78 is 15.8. The average Bonchev–Trinajstić information content (AvgIpc) is 2.64. The average molecular weight is 315 g/mol. The number of fused-ring (bicyclic) bond motifs is 1. The topological polar surface area (TPSA) is 102 Å². The molecule has 8 heteroatoms. The van der Waals surface area contributed by atoms with Gasteiger partial charge in [-0.05, 0) is 19.3 Å². The third-order valence-corrected chi connectivity index (χ3v) is 3.86. The van der Waals surface area contributed by atoms with Gasteiger partial charge in [-0.2, -0.15) is 0 Å². The molecule has 0 aromatic heterocycles. The highest BCUT2D eigenvalue weighted by Crippen LogP contribution is 2.38. The zero-order chi connectivity index (χ0) is 16.4. The molecule has 0 amide bonds. The third kappa shape index (κ3) is 3.38. The number of nitrogens with zero attached hydrogens (tertiary/aromatic N) is 1. The predicted molar refractivity (Wildman–Crippen MR) is 72.1 cm³/mol. The summed E-state index contributed by atoms with van der Waals surface area (Å²) in [5.74, 6) is -1.67. The van der Waals surface area contributed by atoms with Crippen LogP contribution in [0.5, 0.6) is 0 Å². The van der Waals surface area contributed by atoms with E-state index in [2.05, 4.69) is 0 Å². The Morgan fingerprint density at radius 1 is 0.909 bits per heavy atom. The number of ether oxygens (including phenoxy) is 3. The van der Waals surface area contributed by atoms with Crippen molar-refractivity contribution in [2.24, 2.45) is 0 Å². The molecular weight excluding hydrogens is 294 g/mol. The van der Waals surface area contributed by atoms with E-state index in [-0.39, 0.29) is 6.04 Å².